The molecule has 5 aliphatic rings. The highest BCUT2D eigenvalue weighted by Crippen LogP contribution is 2.65. The molecular weight excluding hydrogens is 292 g/mol. The zero-order chi connectivity index (χ0) is 15.4. The Morgan fingerprint density at radius 2 is 1.65 bits per heavy atom. The van der Waals surface area contributed by atoms with Gasteiger partial charge in [0.2, 0.25) is 0 Å². The van der Waals surface area contributed by atoms with Gasteiger partial charge in [0.15, 0.2) is 5.79 Å². The molecule has 0 radical (unpaired) electrons. The van der Waals surface area contributed by atoms with E-state index < -0.39 is 0 Å². The number of urea groups is 1. The Bertz CT molecular complexity index is 465. The highest BCUT2D eigenvalue weighted by atomic mass is 16.7. The summed E-state index contributed by atoms with van der Waals surface area (Å²) in [7, 11) is 0. The van der Waals surface area contributed by atoms with Gasteiger partial charge in [-0.3, -0.25) is 0 Å². The van der Waals surface area contributed by atoms with E-state index in [1.807, 2.05) is 0 Å². The molecule has 0 aromatic rings. The fourth-order valence-corrected chi connectivity index (χ4v) is 6.07. The lowest BCUT2D eigenvalue weighted by atomic mass is 9.85. The molecule has 1 aliphatic heterocycles. The number of fused-ring (bicyclic) bond motifs is 5. The van der Waals surface area contributed by atoms with E-state index in [-0.39, 0.29) is 11.8 Å². The first-order valence-corrected chi connectivity index (χ1v) is 9.56. The van der Waals surface area contributed by atoms with Crippen LogP contribution in [0.25, 0.3) is 0 Å². The second kappa shape index (κ2) is 5.35. The van der Waals surface area contributed by atoms with Gasteiger partial charge >= 0.3 is 6.03 Å². The summed E-state index contributed by atoms with van der Waals surface area (Å²) in [6.45, 7) is 2.25. The lowest BCUT2D eigenvalue weighted by Crippen LogP contribution is -2.43. The smallest absolute Gasteiger partial charge is 0.315 e. The molecular formula is C18H28N2O3. The van der Waals surface area contributed by atoms with Gasteiger partial charge in [0, 0.05) is 25.4 Å². The van der Waals surface area contributed by atoms with E-state index in [0.717, 1.165) is 69.1 Å². The first-order valence-electron chi connectivity index (χ1n) is 9.56. The quantitative estimate of drug-likeness (QED) is 0.838. The van der Waals surface area contributed by atoms with Gasteiger partial charge in [-0.05, 0) is 61.7 Å². The molecule has 23 heavy (non-hydrogen) atoms. The second-order valence-corrected chi connectivity index (χ2v) is 8.42. The number of carbonyl (C=O) groups is 1. The van der Waals surface area contributed by atoms with Crippen molar-refractivity contribution in [2.75, 3.05) is 19.8 Å². The van der Waals surface area contributed by atoms with Crippen LogP contribution in [0.15, 0.2) is 0 Å². The Kier molecular flexibility index (Phi) is 3.38. The number of ether oxygens (including phenoxy) is 2. The maximum Gasteiger partial charge on any atom is 0.315 e. The van der Waals surface area contributed by atoms with Crippen LogP contribution in [0, 0.1) is 29.6 Å². The Morgan fingerprint density at radius 3 is 2.30 bits per heavy atom. The highest BCUT2D eigenvalue weighted by Gasteiger charge is 2.65. The second-order valence-electron chi connectivity index (χ2n) is 8.42. The molecule has 2 amide bonds. The summed E-state index contributed by atoms with van der Waals surface area (Å²) in [5, 5.41) is 6.36. The molecule has 4 aliphatic carbocycles. The molecule has 1 saturated heterocycles. The first kappa shape index (κ1) is 14.5. The van der Waals surface area contributed by atoms with Crippen LogP contribution in [0.4, 0.5) is 4.79 Å². The average Bonchev–Trinajstić information content (AvgIpc) is 2.95. The minimum atomic E-state index is -0.288. The molecule has 1 unspecified atom stereocenters. The third-order valence-corrected chi connectivity index (χ3v) is 7.26. The largest absolute Gasteiger partial charge is 0.348 e. The molecule has 5 heteroatoms. The minimum absolute atomic E-state index is 0.0532. The third kappa shape index (κ3) is 2.47. The Hall–Kier alpha value is -0.810. The lowest BCUT2D eigenvalue weighted by Gasteiger charge is -2.35. The molecule has 0 aromatic carbocycles. The van der Waals surface area contributed by atoms with Crippen LogP contribution < -0.4 is 10.6 Å². The van der Waals surface area contributed by atoms with E-state index in [2.05, 4.69) is 10.6 Å². The van der Waals surface area contributed by atoms with Gasteiger partial charge in [0.1, 0.15) is 0 Å². The van der Waals surface area contributed by atoms with Crippen LogP contribution in [-0.2, 0) is 9.47 Å². The van der Waals surface area contributed by atoms with Gasteiger partial charge in [-0.1, -0.05) is 0 Å². The minimum Gasteiger partial charge on any atom is -0.348 e. The molecule has 1 heterocycles. The maximum absolute atomic E-state index is 12.2. The molecule has 1 spiro atoms. The summed E-state index contributed by atoms with van der Waals surface area (Å²) in [5.41, 5.74) is 0. The highest BCUT2D eigenvalue weighted by molar-refractivity contribution is 5.74. The first-order chi connectivity index (χ1) is 11.2. The maximum atomic E-state index is 12.2. The molecule has 5 atom stereocenters. The van der Waals surface area contributed by atoms with Gasteiger partial charge in [0.05, 0.1) is 13.2 Å². The van der Waals surface area contributed by atoms with Crippen LogP contribution in [0.5, 0.6) is 0 Å². The fraction of sp³-hybridized carbons (Fsp3) is 0.944. The topological polar surface area (TPSA) is 59.6 Å². The number of amides is 2. The molecule has 5 nitrogen and oxygen atoms in total. The number of rotatable bonds is 3. The summed E-state index contributed by atoms with van der Waals surface area (Å²) in [6, 6.07) is 0.536. The number of nitrogens with one attached hydrogen (secondary N) is 2. The van der Waals surface area contributed by atoms with Crippen LogP contribution in [-0.4, -0.2) is 37.6 Å². The van der Waals surface area contributed by atoms with Crippen molar-refractivity contribution in [2.24, 2.45) is 29.6 Å². The van der Waals surface area contributed by atoms with E-state index in [4.69, 9.17) is 9.47 Å². The van der Waals surface area contributed by atoms with E-state index in [1.54, 1.807) is 0 Å². The van der Waals surface area contributed by atoms with Gasteiger partial charge in [-0.25, -0.2) is 4.79 Å². The van der Waals surface area contributed by atoms with Gasteiger partial charge in [-0.2, -0.15) is 0 Å². The Labute approximate surface area is 137 Å². The van der Waals surface area contributed by atoms with Crippen molar-refractivity contribution >= 4 is 6.03 Å². The standard InChI is InChI=1S/C18H28N2O3/c21-17(20-16-14-12-1-2-13(9-12)15(14)16)19-10-11-3-5-18(6-4-11)22-7-8-23-18/h11-16H,1-10H2,(H2,19,20,21)/t12-,13-,14-,15+,16?/m0/s1. The zero-order valence-corrected chi connectivity index (χ0v) is 13.8. The molecule has 4 saturated carbocycles. The van der Waals surface area contributed by atoms with Gasteiger partial charge in [0.25, 0.3) is 0 Å². The van der Waals surface area contributed by atoms with E-state index in [0.29, 0.717) is 12.0 Å². The lowest BCUT2D eigenvalue weighted by molar-refractivity contribution is -0.182. The van der Waals surface area contributed by atoms with Gasteiger partial charge in [-0.15, -0.1) is 0 Å². The van der Waals surface area contributed by atoms with Crippen molar-refractivity contribution in [1.82, 2.24) is 10.6 Å². The molecule has 0 aromatic heterocycles. The predicted molar refractivity (Wildman–Crippen MR) is 84.7 cm³/mol. The van der Waals surface area contributed by atoms with Crippen LogP contribution in [0.1, 0.15) is 44.9 Å². The normalized spacial score (nSPS) is 43.6. The summed E-state index contributed by atoms with van der Waals surface area (Å²) >= 11 is 0. The zero-order valence-electron chi connectivity index (χ0n) is 13.8. The molecule has 5 fully saturated rings. The summed E-state index contributed by atoms with van der Waals surface area (Å²) < 4.78 is 11.5. The summed E-state index contributed by atoms with van der Waals surface area (Å²) in [5.74, 6) is 3.72. The molecule has 2 N–H and O–H groups in total. The van der Waals surface area contributed by atoms with Crippen molar-refractivity contribution in [2.45, 2.75) is 56.8 Å². The molecule has 5 rings (SSSR count). The predicted octanol–water partition coefficient (Wildman–Crippen LogP) is 2.26. The number of carbonyl (C=O) groups excluding carboxylic acids is 1. The number of hydrogen-bond acceptors (Lipinski definition) is 3. The van der Waals surface area contributed by atoms with Crippen LogP contribution in [0.2, 0.25) is 0 Å². The van der Waals surface area contributed by atoms with Crippen molar-refractivity contribution < 1.29 is 14.3 Å². The molecule has 128 valence electrons. The third-order valence-electron chi connectivity index (χ3n) is 7.26. The van der Waals surface area contributed by atoms with E-state index in [9.17, 15) is 4.79 Å². The Morgan fingerprint density at radius 1 is 1.00 bits per heavy atom. The van der Waals surface area contributed by atoms with Crippen LogP contribution in [0.3, 0.4) is 0 Å². The van der Waals surface area contributed by atoms with E-state index in [1.165, 1.54) is 19.3 Å². The van der Waals surface area contributed by atoms with Crippen molar-refractivity contribution in [1.29, 1.82) is 0 Å². The summed E-state index contributed by atoms with van der Waals surface area (Å²) in [6.07, 6.45) is 8.34. The average molecular weight is 320 g/mol. The Balaban J connectivity index is 1.04. The van der Waals surface area contributed by atoms with Crippen molar-refractivity contribution in [3.05, 3.63) is 0 Å². The fourth-order valence-electron chi connectivity index (χ4n) is 6.07. The number of hydrogen-bond donors (Lipinski definition) is 2. The van der Waals surface area contributed by atoms with Crippen molar-refractivity contribution in [3.8, 4) is 0 Å². The summed E-state index contributed by atoms with van der Waals surface area (Å²) in [4.78, 5) is 12.2. The van der Waals surface area contributed by atoms with Crippen LogP contribution >= 0.6 is 0 Å². The SMILES string of the molecule is O=C(NCC1CCC2(CC1)OCCO2)NC1[C@@H]2[C@H]3CC[C@@H](C3)[C@H]12. The monoisotopic (exact) mass is 320 g/mol. The molecule has 2 bridgehead atoms. The van der Waals surface area contributed by atoms with E-state index >= 15 is 0 Å². The van der Waals surface area contributed by atoms with Gasteiger partial charge < -0.3 is 20.1 Å². The van der Waals surface area contributed by atoms with Crippen molar-refractivity contribution in [3.63, 3.8) is 0 Å².